The molecule has 1 aliphatic carbocycles. The van der Waals surface area contributed by atoms with Gasteiger partial charge < -0.3 is 46.0 Å². The minimum Gasteiger partial charge on any atom is -0.393 e. The van der Waals surface area contributed by atoms with Crippen molar-refractivity contribution in [2.45, 2.75) is 197 Å². The lowest BCUT2D eigenvalue weighted by Gasteiger charge is -2.41. The molecule has 0 aromatic carbocycles. The lowest BCUT2D eigenvalue weighted by molar-refractivity contribution is -0.220. The van der Waals surface area contributed by atoms with E-state index in [1.807, 2.05) is 0 Å². The van der Waals surface area contributed by atoms with E-state index in [4.69, 9.17) is 9.05 Å². The fraction of sp³-hybridized carbons (Fsp3) is 0.970. The Morgan fingerprint density at radius 3 is 1.53 bits per heavy atom. The third kappa shape index (κ3) is 18.8. The molecular formula is C33H66NO12P. The van der Waals surface area contributed by atoms with E-state index in [-0.39, 0.29) is 12.8 Å². The maximum absolute atomic E-state index is 12.8. The van der Waals surface area contributed by atoms with Crippen molar-refractivity contribution in [1.82, 2.24) is 5.32 Å². The van der Waals surface area contributed by atoms with Crippen LogP contribution in [0.15, 0.2) is 0 Å². The van der Waals surface area contributed by atoms with Gasteiger partial charge in [-0.15, -0.1) is 0 Å². The van der Waals surface area contributed by atoms with Crippen LogP contribution in [0.5, 0.6) is 0 Å². The largest absolute Gasteiger partial charge is 0.472 e. The molecule has 0 aromatic rings. The maximum atomic E-state index is 12.8. The zero-order valence-electron chi connectivity index (χ0n) is 28.7. The molecule has 280 valence electrons. The van der Waals surface area contributed by atoms with Gasteiger partial charge in [0, 0.05) is 0 Å². The number of amides is 1. The van der Waals surface area contributed by atoms with Crippen molar-refractivity contribution in [3.05, 3.63) is 0 Å². The second-order valence-corrected chi connectivity index (χ2v) is 14.7. The molecule has 13 nitrogen and oxygen atoms in total. The first-order valence-electron chi connectivity index (χ1n) is 18.1. The summed E-state index contributed by atoms with van der Waals surface area (Å²) in [5, 5.41) is 73.8. The van der Waals surface area contributed by atoms with Gasteiger partial charge in [0.2, 0.25) is 5.91 Å². The fourth-order valence-corrected chi connectivity index (χ4v) is 6.86. The lowest BCUT2D eigenvalue weighted by Crippen LogP contribution is -2.64. The number of unbranched alkanes of at least 4 members (excludes halogenated alkanes) is 15. The van der Waals surface area contributed by atoms with Gasteiger partial charge in [-0.05, 0) is 12.8 Å². The highest BCUT2D eigenvalue weighted by molar-refractivity contribution is 7.47. The Balaban J connectivity index is 2.68. The number of phosphoric acid groups is 1. The number of hydrogen-bond donors (Lipinski definition) is 9. The van der Waals surface area contributed by atoms with Crippen LogP contribution in [0.2, 0.25) is 0 Å². The highest BCUT2D eigenvalue weighted by Gasteiger charge is 2.51. The van der Waals surface area contributed by atoms with Crippen molar-refractivity contribution in [3.8, 4) is 0 Å². The summed E-state index contributed by atoms with van der Waals surface area (Å²) in [5.74, 6) is -0.566. The molecule has 0 heterocycles. The Morgan fingerprint density at radius 1 is 0.660 bits per heavy atom. The number of nitrogens with one attached hydrogen (secondary N) is 1. The molecule has 0 aliphatic heterocycles. The number of carbonyl (C=O) groups is 1. The quantitative estimate of drug-likeness (QED) is 0.0423. The molecule has 1 fully saturated rings. The molecule has 0 bridgehead atoms. The summed E-state index contributed by atoms with van der Waals surface area (Å²) < 4.78 is 22.7. The highest BCUT2D eigenvalue weighted by atomic mass is 31.2. The molecule has 0 saturated heterocycles. The van der Waals surface area contributed by atoms with E-state index < -0.39 is 75.2 Å². The van der Waals surface area contributed by atoms with E-state index in [1.54, 1.807) is 0 Å². The molecule has 9 N–H and O–H groups in total. The predicted octanol–water partition coefficient (Wildman–Crippen LogP) is 3.36. The van der Waals surface area contributed by atoms with Crippen molar-refractivity contribution in [2.24, 2.45) is 0 Å². The molecule has 0 aromatic heterocycles. The SMILES string of the molecule is CCCCCCCCCCCC(O)C(COP(=O)(O)OC1C(O)C(O)C(O)C(O)C1O)NC(=O)CC(O)CCCCCCCCCC. The average Bonchev–Trinajstić information content (AvgIpc) is 3.03. The molecule has 1 aliphatic rings. The zero-order valence-corrected chi connectivity index (χ0v) is 29.6. The van der Waals surface area contributed by atoms with E-state index in [9.17, 15) is 50.0 Å². The summed E-state index contributed by atoms with van der Waals surface area (Å²) in [4.78, 5) is 23.1. The van der Waals surface area contributed by atoms with Crippen molar-refractivity contribution >= 4 is 13.7 Å². The molecule has 8 unspecified atom stereocenters. The molecule has 0 radical (unpaired) electrons. The van der Waals surface area contributed by atoms with Gasteiger partial charge in [0.05, 0.1) is 31.3 Å². The number of rotatable bonds is 28. The molecular weight excluding hydrogens is 633 g/mol. The van der Waals surface area contributed by atoms with Crippen molar-refractivity contribution < 1.29 is 59.0 Å². The van der Waals surface area contributed by atoms with Crippen LogP contribution in [0.4, 0.5) is 0 Å². The lowest BCUT2D eigenvalue weighted by atomic mass is 9.85. The molecule has 1 amide bonds. The van der Waals surface area contributed by atoms with E-state index in [2.05, 4.69) is 19.2 Å². The van der Waals surface area contributed by atoms with Crippen LogP contribution in [0.25, 0.3) is 0 Å². The summed E-state index contributed by atoms with van der Waals surface area (Å²) in [6.45, 7) is 3.67. The van der Waals surface area contributed by atoms with E-state index in [1.165, 1.54) is 51.4 Å². The van der Waals surface area contributed by atoms with Crippen LogP contribution in [0.1, 0.15) is 142 Å². The smallest absolute Gasteiger partial charge is 0.393 e. The minimum atomic E-state index is -5.09. The van der Waals surface area contributed by atoms with E-state index in [0.717, 1.165) is 51.4 Å². The van der Waals surface area contributed by atoms with Crippen LogP contribution in [-0.2, 0) is 18.4 Å². The number of aliphatic hydroxyl groups excluding tert-OH is 7. The molecule has 14 heteroatoms. The average molecular weight is 700 g/mol. The summed E-state index contributed by atoms with van der Waals surface area (Å²) in [7, 11) is -5.09. The summed E-state index contributed by atoms with van der Waals surface area (Å²) in [6, 6.07) is -1.14. The van der Waals surface area contributed by atoms with E-state index >= 15 is 0 Å². The molecule has 0 spiro atoms. The summed E-state index contributed by atoms with van der Waals surface area (Å²) in [6.07, 6.45) is 4.99. The Bertz CT molecular complexity index is 838. The van der Waals surface area contributed by atoms with Gasteiger partial charge in [0.25, 0.3) is 0 Å². The third-order valence-corrected chi connectivity index (χ3v) is 9.96. The van der Waals surface area contributed by atoms with Crippen LogP contribution >= 0.6 is 7.82 Å². The van der Waals surface area contributed by atoms with Gasteiger partial charge in [-0.2, -0.15) is 0 Å². The fourth-order valence-electron chi connectivity index (χ4n) is 5.89. The second-order valence-electron chi connectivity index (χ2n) is 13.3. The van der Waals surface area contributed by atoms with Crippen LogP contribution in [-0.4, -0.2) is 108 Å². The van der Waals surface area contributed by atoms with Crippen LogP contribution < -0.4 is 5.32 Å². The van der Waals surface area contributed by atoms with Gasteiger partial charge in [-0.3, -0.25) is 13.8 Å². The summed E-state index contributed by atoms with van der Waals surface area (Å²) >= 11 is 0. The number of hydrogen-bond acceptors (Lipinski definition) is 11. The maximum Gasteiger partial charge on any atom is 0.472 e. The standard InChI is InChI=1S/C33H66NO12P/c1-3-5-7-9-11-13-15-17-19-21-26(36)25(34-27(37)22-24(35)20-18-16-14-12-10-8-6-4-2)23-45-47(43,44)46-33-31(41)29(39)28(38)30(40)32(33)42/h24-26,28-33,35-36,38-42H,3-23H2,1-2H3,(H,34,37)(H,43,44). The molecule has 1 rings (SSSR count). The Hall–Kier alpha value is -0.700. The topological polar surface area (TPSA) is 226 Å². The highest BCUT2D eigenvalue weighted by Crippen LogP contribution is 2.47. The van der Waals surface area contributed by atoms with Crippen molar-refractivity contribution in [3.63, 3.8) is 0 Å². The van der Waals surface area contributed by atoms with Gasteiger partial charge in [0.15, 0.2) is 0 Å². The first-order valence-corrected chi connectivity index (χ1v) is 19.6. The van der Waals surface area contributed by atoms with Gasteiger partial charge in [-0.25, -0.2) is 4.57 Å². The number of aliphatic hydroxyl groups is 7. The molecule has 8 atom stereocenters. The monoisotopic (exact) mass is 699 g/mol. The summed E-state index contributed by atoms with van der Waals surface area (Å²) in [5.41, 5.74) is 0. The Labute approximate surface area is 281 Å². The normalized spacial score (nSPS) is 26.4. The van der Waals surface area contributed by atoms with Gasteiger partial charge >= 0.3 is 7.82 Å². The van der Waals surface area contributed by atoms with Crippen molar-refractivity contribution in [2.75, 3.05) is 6.61 Å². The first kappa shape index (κ1) is 44.3. The predicted molar refractivity (Wildman–Crippen MR) is 178 cm³/mol. The van der Waals surface area contributed by atoms with Crippen LogP contribution in [0.3, 0.4) is 0 Å². The Kier molecular flexibility index (Phi) is 23.8. The van der Waals surface area contributed by atoms with Crippen molar-refractivity contribution in [1.29, 1.82) is 0 Å². The third-order valence-electron chi connectivity index (χ3n) is 8.97. The molecule has 1 saturated carbocycles. The number of carbonyl (C=O) groups excluding carboxylic acids is 1. The Morgan fingerprint density at radius 2 is 1.06 bits per heavy atom. The van der Waals surface area contributed by atoms with E-state index in [0.29, 0.717) is 12.8 Å². The number of phosphoric ester groups is 1. The van der Waals surface area contributed by atoms with Crippen LogP contribution in [0, 0.1) is 0 Å². The van der Waals surface area contributed by atoms with Gasteiger partial charge in [-0.1, -0.05) is 123 Å². The molecule has 47 heavy (non-hydrogen) atoms. The second kappa shape index (κ2) is 25.3. The first-order chi connectivity index (χ1) is 22.3. The zero-order chi connectivity index (χ0) is 35.2. The van der Waals surface area contributed by atoms with Gasteiger partial charge in [0.1, 0.15) is 36.6 Å². The minimum absolute atomic E-state index is 0.219.